The molecule has 0 spiro atoms. The molecule has 9 heteroatoms. The van der Waals surface area contributed by atoms with Crippen molar-refractivity contribution in [3.05, 3.63) is 82.0 Å². The molecule has 2 amide bonds. The number of nitrogens with one attached hydrogen (secondary N) is 1. The van der Waals surface area contributed by atoms with Gasteiger partial charge in [-0.05, 0) is 61.7 Å². The van der Waals surface area contributed by atoms with E-state index in [1.807, 2.05) is 63.2 Å². The van der Waals surface area contributed by atoms with Crippen molar-refractivity contribution in [3.8, 4) is 5.69 Å². The summed E-state index contributed by atoms with van der Waals surface area (Å²) in [6.07, 6.45) is 2.80. The first-order valence-electron chi connectivity index (χ1n) is 11.0. The minimum atomic E-state index is -0.575. The van der Waals surface area contributed by atoms with Gasteiger partial charge >= 0.3 is 0 Å². The molecule has 3 heterocycles. The Morgan fingerprint density at radius 1 is 1.03 bits per heavy atom. The Bertz CT molecular complexity index is 1500. The van der Waals surface area contributed by atoms with E-state index in [1.54, 1.807) is 9.58 Å². The summed E-state index contributed by atoms with van der Waals surface area (Å²) in [6, 6.07) is 13.5. The van der Waals surface area contributed by atoms with E-state index in [0.29, 0.717) is 5.65 Å². The Morgan fingerprint density at radius 3 is 2.62 bits per heavy atom. The summed E-state index contributed by atoms with van der Waals surface area (Å²) in [5, 5.41) is 4.61. The summed E-state index contributed by atoms with van der Waals surface area (Å²) < 4.78 is 2.65. The molecule has 1 saturated heterocycles. The zero-order valence-corrected chi connectivity index (χ0v) is 19.1. The average Bonchev–Trinajstić information content (AvgIpc) is 3.42. The van der Waals surface area contributed by atoms with E-state index in [-0.39, 0.29) is 24.3 Å². The number of anilines is 1. The normalized spacial score (nSPS) is 15.8. The Labute approximate surface area is 195 Å². The SMILES string of the molecule is Cc1cccc(N2CC(C(=O)Nn3cnc4c(cnn4-c4ccc(C)c(C)c4)c3=O)CC2=O)c1. The van der Waals surface area contributed by atoms with Crippen molar-refractivity contribution >= 4 is 28.5 Å². The van der Waals surface area contributed by atoms with Gasteiger partial charge < -0.3 is 4.90 Å². The number of hydrogen-bond donors (Lipinski definition) is 1. The number of hydrogen-bond acceptors (Lipinski definition) is 5. The lowest BCUT2D eigenvalue weighted by atomic mass is 10.1. The lowest BCUT2D eigenvalue weighted by molar-refractivity contribution is -0.123. The molecule has 1 atom stereocenters. The molecule has 1 N–H and O–H groups in total. The lowest BCUT2D eigenvalue weighted by Crippen LogP contribution is -2.37. The molecule has 9 nitrogen and oxygen atoms in total. The van der Waals surface area contributed by atoms with Crippen LogP contribution in [0.5, 0.6) is 0 Å². The van der Waals surface area contributed by atoms with Crippen LogP contribution in [0.3, 0.4) is 0 Å². The maximum Gasteiger partial charge on any atom is 0.283 e. The van der Waals surface area contributed by atoms with E-state index < -0.39 is 17.4 Å². The average molecular weight is 457 g/mol. The number of aromatic nitrogens is 4. The molecule has 5 rings (SSSR count). The molecule has 1 unspecified atom stereocenters. The van der Waals surface area contributed by atoms with Gasteiger partial charge in [0, 0.05) is 18.7 Å². The molecule has 0 bridgehead atoms. The van der Waals surface area contributed by atoms with E-state index in [2.05, 4.69) is 15.5 Å². The maximum atomic E-state index is 13.0. The van der Waals surface area contributed by atoms with Gasteiger partial charge in [0.2, 0.25) is 11.8 Å². The molecule has 1 aliphatic rings. The van der Waals surface area contributed by atoms with Gasteiger partial charge in [-0.1, -0.05) is 18.2 Å². The highest BCUT2D eigenvalue weighted by Gasteiger charge is 2.35. The van der Waals surface area contributed by atoms with Crippen molar-refractivity contribution in [1.82, 2.24) is 19.4 Å². The summed E-state index contributed by atoms with van der Waals surface area (Å²) in [5.41, 5.74) is 7.42. The van der Waals surface area contributed by atoms with Crippen LogP contribution in [0.2, 0.25) is 0 Å². The highest BCUT2D eigenvalue weighted by atomic mass is 16.2. The number of fused-ring (bicyclic) bond motifs is 1. The molecule has 1 aliphatic heterocycles. The molecule has 0 saturated carbocycles. The maximum absolute atomic E-state index is 13.0. The highest BCUT2D eigenvalue weighted by Crippen LogP contribution is 2.26. The van der Waals surface area contributed by atoms with Gasteiger partial charge in [-0.2, -0.15) is 5.10 Å². The molecular weight excluding hydrogens is 432 g/mol. The van der Waals surface area contributed by atoms with Crippen molar-refractivity contribution in [2.75, 3.05) is 16.9 Å². The fourth-order valence-electron chi connectivity index (χ4n) is 4.18. The van der Waals surface area contributed by atoms with Crippen LogP contribution in [-0.2, 0) is 9.59 Å². The first-order chi connectivity index (χ1) is 16.3. The van der Waals surface area contributed by atoms with Gasteiger partial charge in [0.25, 0.3) is 5.56 Å². The van der Waals surface area contributed by atoms with E-state index in [0.717, 1.165) is 32.7 Å². The van der Waals surface area contributed by atoms with Gasteiger partial charge in [0.05, 0.1) is 17.8 Å². The first-order valence-corrected chi connectivity index (χ1v) is 11.0. The van der Waals surface area contributed by atoms with E-state index >= 15 is 0 Å². The van der Waals surface area contributed by atoms with Crippen LogP contribution in [-0.4, -0.2) is 37.8 Å². The quantitative estimate of drug-likeness (QED) is 0.509. The van der Waals surface area contributed by atoms with E-state index in [4.69, 9.17) is 0 Å². The second-order valence-corrected chi connectivity index (χ2v) is 8.70. The monoisotopic (exact) mass is 456 g/mol. The Kier molecular flexibility index (Phi) is 5.24. The predicted molar refractivity (Wildman–Crippen MR) is 129 cm³/mol. The van der Waals surface area contributed by atoms with Crippen molar-refractivity contribution < 1.29 is 9.59 Å². The summed E-state index contributed by atoms with van der Waals surface area (Å²) in [6.45, 7) is 6.24. The number of carbonyl (C=O) groups is 2. The fourth-order valence-corrected chi connectivity index (χ4v) is 4.18. The summed E-state index contributed by atoms with van der Waals surface area (Å²) in [5.74, 6) is -1.11. The minimum absolute atomic E-state index is 0.0783. The summed E-state index contributed by atoms with van der Waals surface area (Å²) >= 11 is 0. The third kappa shape index (κ3) is 3.75. The Balaban J connectivity index is 1.37. The van der Waals surface area contributed by atoms with Crippen LogP contribution < -0.4 is 15.9 Å². The Hall–Kier alpha value is -4.27. The standard InChI is InChI=1S/C25H24N6O3/c1-15-5-4-6-19(9-15)29-13-18(11-22(29)32)24(33)28-30-14-26-23-21(25(30)34)12-27-31(23)20-8-7-16(2)17(3)10-20/h4-10,12,14,18H,11,13H2,1-3H3,(H,28,33). The molecule has 34 heavy (non-hydrogen) atoms. The van der Waals surface area contributed by atoms with Crippen LogP contribution in [0.25, 0.3) is 16.7 Å². The predicted octanol–water partition coefficient (Wildman–Crippen LogP) is 2.63. The van der Waals surface area contributed by atoms with Crippen LogP contribution in [0.4, 0.5) is 5.69 Å². The zero-order chi connectivity index (χ0) is 24.0. The van der Waals surface area contributed by atoms with Crippen molar-refractivity contribution in [2.45, 2.75) is 27.2 Å². The number of aryl methyl sites for hydroxylation is 3. The van der Waals surface area contributed by atoms with Crippen LogP contribution in [0, 0.1) is 26.7 Å². The van der Waals surface area contributed by atoms with Crippen molar-refractivity contribution in [2.24, 2.45) is 5.92 Å². The third-order valence-corrected chi connectivity index (χ3v) is 6.26. The molecule has 172 valence electrons. The van der Waals surface area contributed by atoms with Gasteiger partial charge in [-0.3, -0.25) is 19.8 Å². The second kappa shape index (κ2) is 8.26. The minimum Gasteiger partial charge on any atom is -0.312 e. The van der Waals surface area contributed by atoms with Gasteiger partial charge in [-0.25, -0.2) is 14.3 Å². The lowest BCUT2D eigenvalue weighted by Gasteiger charge is -2.17. The molecule has 4 aromatic rings. The van der Waals surface area contributed by atoms with Crippen LogP contribution in [0.1, 0.15) is 23.1 Å². The second-order valence-electron chi connectivity index (χ2n) is 8.70. The number of benzene rings is 2. The van der Waals surface area contributed by atoms with Crippen LogP contribution >= 0.6 is 0 Å². The summed E-state index contributed by atoms with van der Waals surface area (Å²) in [4.78, 5) is 44.4. The Morgan fingerprint density at radius 2 is 1.85 bits per heavy atom. The third-order valence-electron chi connectivity index (χ3n) is 6.26. The van der Waals surface area contributed by atoms with Crippen molar-refractivity contribution in [1.29, 1.82) is 0 Å². The molecular formula is C25H24N6O3. The fraction of sp³-hybridized carbons (Fsp3) is 0.240. The largest absolute Gasteiger partial charge is 0.312 e. The number of amides is 2. The molecule has 0 aliphatic carbocycles. The number of carbonyl (C=O) groups excluding carboxylic acids is 2. The number of rotatable bonds is 4. The first kappa shape index (κ1) is 21.6. The topological polar surface area (TPSA) is 102 Å². The molecule has 2 aromatic heterocycles. The highest BCUT2D eigenvalue weighted by molar-refractivity contribution is 6.01. The van der Waals surface area contributed by atoms with Gasteiger partial charge in [-0.15, -0.1) is 0 Å². The zero-order valence-electron chi connectivity index (χ0n) is 19.1. The van der Waals surface area contributed by atoms with Gasteiger partial charge in [0.1, 0.15) is 11.7 Å². The molecule has 0 radical (unpaired) electrons. The van der Waals surface area contributed by atoms with Crippen molar-refractivity contribution in [3.63, 3.8) is 0 Å². The summed E-state index contributed by atoms with van der Waals surface area (Å²) in [7, 11) is 0. The van der Waals surface area contributed by atoms with Gasteiger partial charge in [0.15, 0.2) is 5.65 Å². The number of nitrogens with zero attached hydrogens (tertiary/aromatic N) is 5. The van der Waals surface area contributed by atoms with E-state index in [9.17, 15) is 14.4 Å². The van der Waals surface area contributed by atoms with Crippen LogP contribution in [0.15, 0.2) is 59.8 Å². The molecule has 2 aromatic carbocycles. The van der Waals surface area contributed by atoms with E-state index in [1.165, 1.54) is 12.5 Å². The smallest absolute Gasteiger partial charge is 0.283 e. The molecule has 1 fully saturated rings.